The number of nitrogens with two attached hydrogens (primary N) is 1. The van der Waals surface area contributed by atoms with Crippen molar-refractivity contribution in [2.45, 2.75) is 38.7 Å². The molecule has 1 rings (SSSR count). The van der Waals surface area contributed by atoms with E-state index in [0.29, 0.717) is 6.10 Å². The molecular formula is C11H24N2O. The molecule has 14 heavy (non-hydrogen) atoms. The van der Waals surface area contributed by atoms with Crippen molar-refractivity contribution in [3.63, 3.8) is 0 Å². The molecule has 0 saturated heterocycles. The van der Waals surface area contributed by atoms with Crippen LogP contribution in [0.5, 0.6) is 0 Å². The van der Waals surface area contributed by atoms with Gasteiger partial charge in [-0.15, -0.1) is 0 Å². The van der Waals surface area contributed by atoms with Crippen LogP contribution in [-0.4, -0.2) is 32.3 Å². The van der Waals surface area contributed by atoms with E-state index >= 15 is 0 Å². The van der Waals surface area contributed by atoms with Crippen molar-refractivity contribution in [1.82, 2.24) is 5.32 Å². The Bertz CT molecular complexity index is 135. The average Bonchev–Trinajstić information content (AvgIpc) is 2.13. The highest BCUT2D eigenvalue weighted by Crippen LogP contribution is 2.32. The zero-order chi connectivity index (χ0) is 10.2. The molecule has 0 amide bonds. The van der Waals surface area contributed by atoms with Gasteiger partial charge in [0.05, 0.1) is 6.10 Å². The predicted molar refractivity (Wildman–Crippen MR) is 59.3 cm³/mol. The molecule has 1 fully saturated rings. The first-order valence-electron chi connectivity index (χ1n) is 5.89. The molecule has 1 aliphatic rings. The summed E-state index contributed by atoms with van der Waals surface area (Å²) in [6.45, 7) is 5.94. The van der Waals surface area contributed by atoms with Gasteiger partial charge in [-0.05, 0) is 58.2 Å². The maximum atomic E-state index is 5.52. The number of rotatable bonds is 8. The highest BCUT2D eigenvalue weighted by Gasteiger charge is 2.28. The number of hydrogen-bond acceptors (Lipinski definition) is 3. The average molecular weight is 200 g/mol. The van der Waals surface area contributed by atoms with Crippen LogP contribution in [0.2, 0.25) is 0 Å². The second-order valence-electron chi connectivity index (χ2n) is 4.10. The minimum absolute atomic E-state index is 0.564. The van der Waals surface area contributed by atoms with Gasteiger partial charge in [0, 0.05) is 6.61 Å². The van der Waals surface area contributed by atoms with Crippen molar-refractivity contribution in [1.29, 1.82) is 0 Å². The van der Waals surface area contributed by atoms with Crippen LogP contribution < -0.4 is 11.1 Å². The van der Waals surface area contributed by atoms with Gasteiger partial charge < -0.3 is 15.8 Å². The highest BCUT2D eigenvalue weighted by atomic mass is 16.5. The topological polar surface area (TPSA) is 47.3 Å². The van der Waals surface area contributed by atoms with Gasteiger partial charge >= 0.3 is 0 Å². The summed E-state index contributed by atoms with van der Waals surface area (Å²) < 4.78 is 5.52. The van der Waals surface area contributed by atoms with Crippen LogP contribution in [0.3, 0.4) is 0 Å². The lowest BCUT2D eigenvalue weighted by Crippen LogP contribution is -2.33. The maximum absolute atomic E-state index is 5.52. The summed E-state index contributed by atoms with van der Waals surface area (Å²) in [6, 6.07) is 0. The molecule has 0 spiro atoms. The summed E-state index contributed by atoms with van der Waals surface area (Å²) in [5.41, 5.74) is 5.40. The Morgan fingerprint density at radius 2 is 2.14 bits per heavy atom. The van der Waals surface area contributed by atoms with Gasteiger partial charge in [0.2, 0.25) is 0 Å². The predicted octanol–water partition coefficient (Wildman–Crippen LogP) is 1.13. The Labute approximate surface area is 87.4 Å². The lowest BCUT2D eigenvalue weighted by atomic mass is 9.80. The molecule has 0 radical (unpaired) electrons. The SMILES string of the molecule is CCOC1CC(CCNCCCN)C1. The molecule has 84 valence electrons. The Kier molecular flexibility index (Phi) is 6.15. The molecule has 0 atom stereocenters. The van der Waals surface area contributed by atoms with Crippen molar-refractivity contribution in [2.24, 2.45) is 11.7 Å². The van der Waals surface area contributed by atoms with E-state index in [1.54, 1.807) is 0 Å². The Balaban J connectivity index is 1.81. The molecule has 0 aliphatic heterocycles. The maximum Gasteiger partial charge on any atom is 0.0580 e. The van der Waals surface area contributed by atoms with Crippen LogP contribution >= 0.6 is 0 Å². The summed E-state index contributed by atoms with van der Waals surface area (Å²) >= 11 is 0. The standard InChI is InChI=1S/C11H24N2O/c1-2-14-11-8-10(9-11)4-7-13-6-3-5-12/h10-11,13H,2-9,12H2,1H3. The van der Waals surface area contributed by atoms with Gasteiger partial charge in [0.1, 0.15) is 0 Å². The van der Waals surface area contributed by atoms with Crippen molar-refractivity contribution in [3.8, 4) is 0 Å². The van der Waals surface area contributed by atoms with Crippen LogP contribution in [0.4, 0.5) is 0 Å². The molecule has 0 unspecified atom stereocenters. The molecule has 0 aromatic rings. The van der Waals surface area contributed by atoms with Crippen molar-refractivity contribution < 1.29 is 4.74 Å². The van der Waals surface area contributed by atoms with Crippen LogP contribution in [0.15, 0.2) is 0 Å². The van der Waals surface area contributed by atoms with E-state index < -0.39 is 0 Å². The van der Waals surface area contributed by atoms with E-state index in [4.69, 9.17) is 10.5 Å². The Morgan fingerprint density at radius 3 is 2.79 bits per heavy atom. The van der Waals surface area contributed by atoms with Gasteiger partial charge in [-0.1, -0.05) is 0 Å². The van der Waals surface area contributed by atoms with Crippen LogP contribution in [0.1, 0.15) is 32.6 Å². The van der Waals surface area contributed by atoms with Gasteiger partial charge in [-0.2, -0.15) is 0 Å². The van der Waals surface area contributed by atoms with E-state index in [2.05, 4.69) is 12.2 Å². The minimum atomic E-state index is 0.564. The van der Waals surface area contributed by atoms with Gasteiger partial charge in [0.25, 0.3) is 0 Å². The molecule has 1 aliphatic carbocycles. The highest BCUT2D eigenvalue weighted by molar-refractivity contribution is 4.80. The van der Waals surface area contributed by atoms with Crippen LogP contribution in [0, 0.1) is 5.92 Å². The molecular weight excluding hydrogens is 176 g/mol. The zero-order valence-electron chi connectivity index (χ0n) is 9.30. The van der Waals surface area contributed by atoms with E-state index in [0.717, 1.165) is 38.6 Å². The van der Waals surface area contributed by atoms with Gasteiger partial charge in [0.15, 0.2) is 0 Å². The quantitative estimate of drug-likeness (QED) is 0.577. The third kappa shape index (κ3) is 4.40. The summed E-state index contributed by atoms with van der Waals surface area (Å²) in [5, 5.41) is 3.41. The smallest absolute Gasteiger partial charge is 0.0580 e. The van der Waals surface area contributed by atoms with E-state index in [9.17, 15) is 0 Å². The summed E-state index contributed by atoms with van der Waals surface area (Å²) in [7, 11) is 0. The normalized spacial score (nSPS) is 26.1. The lowest BCUT2D eigenvalue weighted by molar-refractivity contribution is -0.0262. The molecule has 3 nitrogen and oxygen atoms in total. The fourth-order valence-electron chi connectivity index (χ4n) is 1.94. The van der Waals surface area contributed by atoms with Crippen molar-refractivity contribution in [3.05, 3.63) is 0 Å². The lowest BCUT2D eigenvalue weighted by Gasteiger charge is -2.35. The first kappa shape index (κ1) is 12.0. The van der Waals surface area contributed by atoms with Gasteiger partial charge in [-0.25, -0.2) is 0 Å². The third-order valence-electron chi connectivity index (χ3n) is 2.88. The summed E-state index contributed by atoms with van der Waals surface area (Å²) in [5.74, 6) is 0.900. The molecule has 0 aromatic heterocycles. The van der Waals surface area contributed by atoms with Crippen LogP contribution in [0.25, 0.3) is 0 Å². The van der Waals surface area contributed by atoms with E-state index in [1.165, 1.54) is 19.3 Å². The molecule has 1 saturated carbocycles. The third-order valence-corrected chi connectivity index (χ3v) is 2.88. The molecule has 0 aromatic carbocycles. The minimum Gasteiger partial charge on any atom is -0.378 e. The van der Waals surface area contributed by atoms with E-state index in [1.807, 2.05) is 0 Å². The largest absolute Gasteiger partial charge is 0.378 e. The second kappa shape index (κ2) is 7.21. The van der Waals surface area contributed by atoms with Crippen molar-refractivity contribution >= 4 is 0 Å². The fourth-order valence-corrected chi connectivity index (χ4v) is 1.94. The molecule has 0 bridgehead atoms. The van der Waals surface area contributed by atoms with Gasteiger partial charge in [-0.3, -0.25) is 0 Å². The first-order valence-corrected chi connectivity index (χ1v) is 5.89. The molecule has 3 N–H and O–H groups in total. The number of ether oxygens (including phenoxy) is 1. The van der Waals surface area contributed by atoms with E-state index in [-0.39, 0.29) is 0 Å². The van der Waals surface area contributed by atoms with Crippen LogP contribution in [-0.2, 0) is 4.74 Å². The summed E-state index contributed by atoms with van der Waals surface area (Å²) in [4.78, 5) is 0. The van der Waals surface area contributed by atoms with Crippen molar-refractivity contribution in [2.75, 3.05) is 26.2 Å². The second-order valence-corrected chi connectivity index (χ2v) is 4.10. The molecule has 3 heteroatoms. The zero-order valence-corrected chi connectivity index (χ0v) is 9.30. The monoisotopic (exact) mass is 200 g/mol. The first-order chi connectivity index (χ1) is 6.86. The summed E-state index contributed by atoms with van der Waals surface area (Å²) in [6.07, 6.45) is 5.49. The number of nitrogens with one attached hydrogen (secondary N) is 1. The Hall–Kier alpha value is -0.120. The molecule has 0 heterocycles. The fraction of sp³-hybridized carbons (Fsp3) is 1.00. The Morgan fingerprint density at radius 1 is 1.36 bits per heavy atom. The number of hydrogen-bond donors (Lipinski definition) is 2.